The Morgan fingerprint density at radius 1 is 0.647 bits per heavy atom. The smallest absolute Gasteiger partial charge is 0.0781 e. The molecule has 0 fully saturated rings. The van der Waals surface area contributed by atoms with Gasteiger partial charge in [0.15, 0.2) is 0 Å². The summed E-state index contributed by atoms with van der Waals surface area (Å²) in [4.78, 5) is 0. The number of hydrogen-bond acceptors (Lipinski definition) is 3. The van der Waals surface area contributed by atoms with Gasteiger partial charge in [0.25, 0.3) is 0 Å². The lowest BCUT2D eigenvalue weighted by atomic mass is 10.2. The summed E-state index contributed by atoms with van der Waals surface area (Å²) in [5.41, 5.74) is 0. The third-order valence-electron chi connectivity index (χ3n) is 2.52. The van der Waals surface area contributed by atoms with Crippen LogP contribution in [0.3, 0.4) is 0 Å². The molecule has 104 valence electrons. The Morgan fingerprint density at radius 3 is 1.47 bits per heavy atom. The van der Waals surface area contributed by atoms with Gasteiger partial charge in [0.2, 0.25) is 0 Å². The maximum Gasteiger partial charge on any atom is 0.0781 e. The molecule has 0 saturated carbocycles. The standard InChI is InChI=1S/C14H30O3/c1-7-12(4)16-9-14(6)17-10-13(5)15-8-11(2)3/h11-14H,7-10H2,1-6H3. The molecular weight excluding hydrogens is 216 g/mol. The lowest BCUT2D eigenvalue weighted by Crippen LogP contribution is -2.25. The van der Waals surface area contributed by atoms with E-state index in [1.807, 2.05) is 13.8 Å². The highest BCUT2D eigenvalue weighted by Crippen LogP contribution is 2.03. The quantitative estimate of drug-likeness (QED) is 0.592. The van der Waals surface area contributed by atoms with Crippen molar-refractivity contribution in [3.8, 4) is 0 Å². The van der Waals surface area contributed by atoms with Gasteiger partial charge in [-0.05, 0) is 33.1 Å². The first kappa shape index (κ1) is 16.9. The van der Waals surface area contributed by atoms with Gasteiger partial charge in [0.1, 0.15) is 0 Å². The van der Waals surface area contributed by atoms with Gasteiger partial charge >= 0.3 is 0 Å². The summed E-state index contributed by atoms with van der Waals surface area (Å²) < 4.78 is 16.9. The van der Waals surface area contributed by atoms with Gasteiger partial charge in [-0.25, -0.2) is 0 Å². The highest BCUT2D eigenvalue weighted by molar-refractivity contribution is 4.55. The molecule has 17 heavy (non-hydrogen) atoms. The predicted octanol–water partition coefficient (Wildman–Crippen LogP) is 3.27. The van der Waals surface area contributed by atoms with Crippen LogP contribution in [0.2, 0.25) is 0 Å². The second-order valence-corrected chi connectivity index (χ2v) is 5.23. The van der Waals surface area contributed by atoms with Gasteiger partial charge in [0.05, 0.1) is 31.5 Å². The molecule has 0 amide bonds. The summed E-state index contributed by atoms with van der Waals surface area (Å²) in [7, 11) is 0. The Hall–Kier alpha value is -0.120. The zero-order valence-electron chi connectivity index (χ0n) is 12.4. The van der Waals surface area contributed by atoms with Crippen LogP contribution in [0.1, 0.15) is 48.0 Å². The first-order valence-electron chi connectivity index (χ1n) is 6.80. The fourth-order valence-electron chi connectivity index (χ4n) is 1.17. The number of rotatable bonds is 10. The minimum absolute atomic E-state index is 0.133. The van der Waals surface area contributed by atoms with E-state index in [4.69, 9.17) is 14.2 Å². The Kier molecular flexibility index (Phi) is 9.79. The topological polar surface area (TPSA) is 27.7 Å². The van der Waals surface area contributed by atoms with Crippen molar-refractivity contribution in [3.63, 3.8) is 0 Å². The summed E-state index contributed by atoms with van der Waals surface area (Å²) >= 11 is 0. The fraction of sp³-hybridized carbons (Fsp3) is 1.00. The molecule has 0 rings (SSSR count). The van der Waals surface area contributed by atoms with Crippen molar-refractivity contribution < 1.29 is 14.2 Å². The maximum atomic E-state index is 5.68. The number of hydrogen-bond donors (Lipinski definition) is 0. The maximum absolute atomic E-state index is 5.68. The molecule has 0 spiro atoms. The van der Waals surface area contributed by atoms with Crippen LogP contribution in [-0.4, -0.2) is 38.1 Å². The van der Waals surface area contributed by atoms with Crippen LogP contribution in [0.25, 0.3) is 0 Å². The van der Waals surface area contributed by atoms with Crippen LogP contribution in [0.5, 0.6) is 0 Å². The predicted molar refractivity (Wildman–Crippen MR) is 71.4 cm³/mol. The molecule has 0 bridgehead atoms. The SMILES string of the molecule is CCC(C)OCC(C)OCC(C)OCC(C)C. The Balaban J connectivity index is 3.51. The van der Waals surface area contributed by atoms with Crippen molar-refractivity contribution in [3.05, 3.63) is 0 Å². The first-order chi connectivity index (χ1) is 7.95. The zero-order valence-corrected chi connectivity index (χ0v) is 12.4. The van der Waals surface area contributed by atoms with Crippen molar-refractivity contribution >= 4 is 0 Å². The van der Waals surface area contributed by atoms with Gasteiger partial charge < -0.3 is 14.2 Å². The Labute approximate surface area is 107 Å². The van der Waals surface area contributed by atoms with E-state index < -0.39 is 0 Å². The number of ether oxygens (including phenoxy) is 3. The molecule has 3 heteroatoms. The molecule has 0 radical (unpaired) electrons. The van der Waals surface area contributed by atoms with Crippen molar-refractivity contribution in [2.24, 2.45) is 5.92 Å². The molecule has 0 aromatic carbocycles. The molecule has 0 saturated heterocycles. The van der Waals surface area contributed by atoms with Crippen LogP contribution in [-0.2, 0) is 14.2 Å². The lowest BCUT2D eigenvalue weighted by Gasteiger charge is -2.20. The van der Waals surface area contributed by atoms with Gasteiger partial charge in [-0.2, -0.15) is 0 Å². The Morgan fingerprint density at radius 2 is 1.06 bits per heavy atom. The second-order valence-electron chi connectivity index (χ2n) is 5.23. The zero-order chi connectivity index (χ0) is 13.3. The molecule has 0 heterocycles. The van der Waals surface area contributed by atoms with Gasteiger partial charge in [-0.1, -0.05) is 20.8 Å². The minimum Gasteiger partial charge on any atom is -0.376 e. The molecule has 0 N–H and O–H groups in total. The van der Waals surface area contributed by atoms with Crippen LogP contribution in [0.15, 0.2) is 0 Å². The van der Waals surface area contributed by atoms with Crippen molar-refractivity contribution in [1.29, 1.82) is 0 Å². The van der Waals surface area contributed by atoms with E-state index in [9.17, 15) is 0 Å². The van der Waals surface area contributed by atoms with Crippen molar-refractivity contribution in [1.82, 2.24) is 0 Å². The monoisotopic (exact) mass is 246 g/mol. The molecule has 0 aromatic rings. The van der Waals surface area contributed by atoms with Crippen molar-refractivity contribution in [2.75, 3.05) is 19.8 Å². The van der Waals surface area contributed by atoms with Crippen LogP contribution < -0.4 is 0 Å². The van der Waals surface area contributed by atoms with Gasteiger partial charge in [-0.3, -0.25) is 0 Å². The fourth-order valence-corrected chi connectivity index (χ4v) is 1.17. The van der Waals surface area contributed by atoms with Gasteiger partial charge in [-0.15, -0.1) is 0 Å². The molecule has 0 aliphatic heterocycles. The lowest BCUT2D eigenvalue weighted by molar-refractivity contribution is -0.0714. The van der Waals surface area contributed by atoms with E-state index in [0.717, 1.165) is 13.0 Å². The largest absolute Gasteiger partial charge is 0.376 e. The summed E-state index contributed by atoms with van der Waals surface area (Å²) in [5.74, 6) is 0.573. The second kappa shape index (κ2) is 9.86. The minimum atomic E-state index is 0.133. The molecule has 0 aromatic heterocycles. The molecule has 0 aliphatic carbocycles. The van der Waals surface area contributed by atoms with E-state index in [1.165, 1.54) is 0 Å². The molecule has 0 aliphatic rings. The summed E-state index contributed by atoms with van der Waals surface area (Å²) in [6.45, 7) is 14.7. The average molecular weight is 246 g/mol. The Bertz CT molecular complexity index is 171. The highest BCUT2D eigenvalue weighted by Gasteiger charge is 2.09. The van der Waals surface area contributed by atoms with Crippen LogP contribution >= 0.6 is 0 Å². The van der Waals surface area contributed by atoms with E-state index in [-0.39, 0.29) is 12.2 Å². The van der Waals surface area contributed by atoms with E-state index in [2.05, 4.69) is 27.7 Å². The summed E-state index contributed by atoms with van der Waals surface area (Å²) in [5, 5.41) is 0. The summed E-state index contributed by atoms with van der Waals surface area (Å²) in [6.07, 6.45) is 1.65. The third-order valence-corrected chi connectivity index (χ3v) is 2.52. The van der Waals surface area contributed by atoms with Crippen molar-refractivity contribution in [2.45, 2.75) is 66.3 Å². The third kappa shape index (κ3) is 10.7. The highest BCUT2D eigenvalue weighted by atomic mass is 16.6. The first-order valence-corrected chi connectivity index (χ1v) is 6.80. The van der Waals surface area contributed by atoms with Gasteiger partial charge in [0, 0.05) is 6.61 Å². The molecule has 3 nitrogen and oxygen atoms in total. The van der Waals surface area contributed by atoms with E-state index >= 15 is 0 Å². The average Bonchev–Trinajstić information content (AvgIpc) is 2.30. The summed E-state index contributed by atoms with van der Waals surface area (Å²) in [6, 6.07) is 0. The van der Waals surface area contributed by atoms with E-state index in [1.54, 1.807) is 0 Å². The molecular formula is C14H30O3. The van der Waals surface area contributed by atoms with Crippen LogP contribution in [0.4, 0.5) is 0 Å². The molecule has 3 unspecified atom stereocenters. The molecule has 3 atom stereocenters. The van der Waals surface area contributed by atoms with E-state index in [0.29, 0.717) is 25.2 Å². The normalized spacial score (nSPS) is 17.1. The van der Waals surface area contributed by atoms with Crippen LogP contribution in [0, 0.1) is 5.92 Å².